The summed E-state index contributed by atoms with van der Waals surface area (Å²) in [6.07, 6.45) is -6.62. The first-order valence-electron chi connectivity index (χ1n) is 4.75. The second-order valence-electron chi connectivity index (χ2n) is 4.29. The quantitative estimate of drug-likeness (QED) is 0.637. The number of carbonyl (C=O) groups is 1. The smallest absolute Gasteiger partial charge is 0.408 e. The van der Waals surface area contributed by atoms with Gasteiger partial charge in [0.1, 0.15) is 5.60 Å². The molecule has 7 heteroatoms. The Labute approximate surface area is 92.4 Å². The third-order valence-corrected chi connectivity index (χ3v) is 1.49. The number of hydrogen-bond acceptors (Lipinski definition) is 4. The lowest BCUT2D eigenvalue weighted by molar-refractivity contribution is -0.0796. The van der Waals surface area contributed by atoms with E-state index in [0.717, 1.165) is 0 Å². The summed E-state index contributed by atoms with van der Waals surface area (Å²) in [4.78, 5) is 11.2. The normalized spacial score (nSPS) is 14.1. The number of rotatable bonds is 4. The lowest BCUT2D eigenvalue weighted by atomic mass is 10.2. The SMILES string of the molecule is CC(C)(C)OC(=O)NC(CC(F)F)C(O)O. The van der Waals surface area contributed by atoms with Crippen molar-refractivity contribution in [1.82, 2.24) is 5.32 Å². The summed E-state index contributed by atoms with van der Waals surface area (Å²) >= 11 is 0. The molecule has 0 aromatic carbocycles. The molecule has 0 saturated heterocycles. The monoisotopic (exact) mass is 241 g/mol. The molecule has 0 rings (SSSR count). The molecule has 0 fully saturated rings. The van der Waals surface area contributed by atoms with Gasteiger partial charge in [0.05, 0.1) is 6.04 Å². The van der Waals surface area contributed by atoms with E-state index in [2.05, 4.69) is 0 Å². The van der Waals surface area contributed by atoms with Crippen LogP contribution in [0.1, 0.15) is 27.2 Å². The number of amides is 1. The van der Waals surface area contributed by atoms with Crippen molar-refractivity contribution in [3.8, 4) is 0 Å². The van der Waals surface area contributed by atoms with Gasteiger partial charge in [0, 0.05) is 6.42 Å². The molecule has 0 aliphatic rings. The first-order valence-corrected chi connectivity index (χ1v) is 4.75. The number of hydrogen-bond donors (Lipinski definition) is 3. The second kappa shape index (κ2) is 5.95. The molecule has 16 heavy (non-hydrogen) atoms. The summed E-state index contributed by atoms with van der Waals surface area (Å²) in [5.41, 5.74) is -0.778. The average molecular weight is 241 g/mol. The number of nitrogens with one attached hydrogen (secondary N) is 1. The Morgan fingerprint density at radius 1 is 1.38 bits per heavy atom. The first-order chi connectivity index (χ1) is 7.11. The largest absolute Gasteiger partial charge is 0.444 e. The molecule has 1 atom stereocenters. The third-order valence-electron chi connectivity index (χ3n) is 1.49. The zero-order chi connectivity index (χ0) is 12.9. The van der Waals surface area contributed by atoms with Crippen molar-refractivity contribution in [2.24, 2.45) is 0 Å². The lowest BCUT2D eigenvalue weighted by Crippen LogP contribution is -2.46. The first kappa shape index (κ1) is 15.0. The number of halogens is 2. The molecule has 0 heterocycles. The molecular formula is C9H17F2NO4. The predicted molar refractivity (Wildman–Crippen MR) is 52.0 cm³/mol. The summed E-state index contributed by atoms with van der Waals surface area (Å²) in [6, 6.07) is -1.45. The van der Waals surface area contributed by atoms with Gasteiger partial charge in [-0.25, -0.2) is 13.6 Å². The van der Waals surface area contributed by atoms with Crippen LogP contribution < -0.4 is 5.32 Å². The fraction of sp³-hybridized carbons (Fsp3) is 0.889. The molecule has 1 unspecified atom stereocenters. The van der Waals surface area contributed by atoms with Crippen LogP contribution in [0, 0.1) is 0 Å². The van der Waals surface area contributed by atoms with E-state index in [9.17, 15) is 13.6 Å². The molecule has 5 nitrogen and oxygen atoms in total. The minimum absolute atomic E-state index is 0.778. The maximum Gasteiger partial charge on any atom is 0.408 e. The van der Waals surface area contributed by atoms with E-state index in [0.29, 0.717) is 0 Å². The number of aliphatic hydroxyl groups excluding tert-OH is 1. The van der Waals surface area contributed by atoms with E-state index in [1.54, 1.807) is 20.8 Å². The minimum atomic E-state index is -2.75. The van der Waals surface area contributed by atoms with Crippen LogP contribution in [-0.2, 0) is 4.74 Å². The zero-order valence-corrected chi connectivity index (χ0v) is 9.41. The maximum absolute atomic E-state index is 12.0. The maximum atomic E-state index is 12.0. The van der Waals surface area contributed by atoms with E-state index in [1.807, 2.05) is 5.32 Å². The van der Waals surface area contributed by atoms with Crippen LogP contribution in [0.25, 0.3) is 0 Å². The van der Waals surface area contributed by atoms with Gasteiger partial charge in [0.15, 0.2) is 6.29 Å². The van der Waals surface area contributed by atoms with Gasteiger partial charge in [-0.2, -0.15) is 0 Å². The molecule has 96 valence electrons. The van der Waals surface area contributed by atoms with E-state index in [-0.39, 0.29) is 0 Å². The minimum Gasteiger partial charge on any atom is -0.444 e. The molecule has 0 bridgehead atoms. The van der Waals surface area contributed by atoms with Crippen molar-refractivity contribution >= 4 is 6.09 Å². The predicted octanol–water partition coefficient (Wildman–Crippen LogP) is 0.846. The lowest BCUT2D eigenvalue weighted by Gasteiger charge is -2.24. The summed E-state index contributed by atoms with van der Waals surface area (Å²) < 4.78 is 28.8. The number of alkyl halides is 2. The van der Waals surface area contributed by atoms with E-state index >= 15 is 0 Å². The molecule has 0 saturated carbocycles. The molecule has 0 aliphatic carbocycles. The Kier molecular flexibility index (Phi) is 5.60. The average Bonchev–Trinajstić information content (AvgIpc) is 1.97. The van der Waals surface area contributed by atoms with Crippen LogP contribution in [0.4, 0.5) is 13.6 Å². The van der Waals surface area contributed by atoms with Gasteiger partial charge >= 0.3 is 6.09 Å². The van der Waals surface area contributed by atoms with Crippen LogP contribution in [-0.4, -0.2) is 40.7 Å². The van der Waals surface area contributed by atoms with Crippen molar-refractivity contribution < 1.29 is 28.5 Å². The molecule has 0 radical (unpaired) electrons. The second-order valence-corrected chi connectivity index (χ2v) is 4.29. The van der Waals surface area contributed by atoms with Gasteiger partial charge in [0.2, 0.25) is 6.43 Å². The van der Waals surface area contributed by atoms with Gasteiger partial charge in [-0.1, -0.05) is 0 Å². The van der Waals surface area contributed by atoms with E-state index in [1.165, 1.54) is 0 Å². The molecule has 0 aromatic heterocycles. The van der Waals surface area contributed by atoms with Crippen LogP contribution in [0.2, 0.25) is 0 Å². The summed E-state index contributed by atoms with van der Waals surface area (Å²) in [5.74, 6) is 0. The van der Waals surface area contributed by atoms with Gasteiger partial charge in [-0.05, 0) is 20.8 Å². The Bertz CT molecular complexity index is 228. The standard InChI is InChI=1S/C9H17F2NO4/c1-9(2,3)16-8(15)12-5(7(13)14)4-6(10)11/h5-7,13-14H,4H2,1-3H3,(H,12,15). The highest BCUT2D eigenvalue weighted by Gasteiger charge is 2.25. The highest BCUT2D eigenvalue weighted by atomic mass is 19.3. The third kappa shape index (κ3) is 7.36. The fourth-order valence-corrected chi connectivity index (χ4v) is 0.906. The number of carbonyl (C=O) groups excluding carboxylic acids is 1. The molecular weight excluding hydrogens is 224 g/mol. The van der Waals surface area contributed by atoms with Crippen molar-refractivity contribution in [1.29, 1.82) is 0 Å². The van der Waals surface area contributed by atoms with Crippen molar-refractivity contribution in [3.05, 3.63) is 0 Å². The van der Waals surface area contributed by atoms with Crippen LogP contribution in [0.5, 0.6) is 0 Å². The summed E-state index contributed by atoms with van der Waals surface area (Å²) in [6.45, 7) is 4.80. The zero-order valence-electron chi connectivity index (χ0n) is 9.41. The van der Waals surface area contributed by atoms with Crippen LogP contribution in [0.15, 0.2) is 0 Å². The summed E-state index contributed by atoms with van der Waals surface area (Å²) in [7, 11) is 0. The van der Waals surface area contributed by atoms with Gasteiger partial charge in [-0.3, -0.25) is 0 Å². The Morgan fingerprint density at radius 3 is 2.19 bits per heavy atom. The van der Waals surface area contributed by atoms with Gasteiger partial charge < -0.3 is 20.3 Å². The topological polar surface area (TPSA) is 78.8 Å². The summed E-state index contributed by atoms with van der Waals surface area (Å²) in [5, 5.41) is 19.5. The van der Waals surface area contributed by atoms with Crippen LogP contribution in [0.3, 0.4) is 0 Å². The van der Waals surface area contributed by atoms with Crippen molar-refractivity contribution in [3.63, 3.8) is 0 Å². The van der Waals surface area contributed by atoms with Gasteiger partial charge in [-0.15, -0.1) is 0 Å². The highest BCUT2D eigenvalue weighted by molar-refractivity contribution is 5.68. The van der Waals surface area contributed by atoms with Crippen molar-refractivity contribution in [2.75, 3.05) is 0 Å². The van der Waals surface area contributed by atoms with Crippen LogP contribution >= 0.6 is 0 Å². The highest BCUT2D eigenvalue weighted by Crippen LogP contribution is 2.10. The Morgan fingerprint density at radius 2 is 1.88 bits per heavy atom. The van der Waals surface area contributed by atoms with E-state index < -0.39 is 36.9 Å². The number of ether oxygens (including phenoxy) is 1. The number of aliphatic hydroxyl groups is 2. The molecule has 3 N–H and O–H groups in total. The van der Waals surface area contributed by atoms with Crippen molar-refractivity contribution in [2.45, 2.75) is 51.6 Å². The molecule has 0 aliphatic heterocycles. The Balaban J connectivity index is 4.24. The molecule has 0 spiro atoms. The molecule has 1 amide bonds. The molecule has 0 aromatic rings. The van der Waals surface area contributed by atoms with Gasteiger partial charge in [0.25, 0.3) is 0 Å². The van der Waals surface area contributed by atoms with E-state index in [4.69, 9.17) is 14.9 Å². The fourth-order valence-electron chi connectivity index (χ4n) is 0.906. The number of alkyl carbamates (subject to hydrolysis) is 1. The Hall–Kier alpha value is -0.950.